The Bertz CT molecular complexity index is 475. The summed E-state index contributed by atoms with van der Waals surface area (Å²) >= 11 is 4.48. The van der Waals surface area contributed by atoms with E-state index in [1.165, 1.54) is 17.6 Å². The topological polar surface area (TPSA) is 51.8 Å². The molecule has 0 saturated carbocycles. The molecule has 0 bridgehead atoms. The molecule has 2 N–H and O–H groups in total. The van der Waals surface area contributed by atoms with Crippen LogP contribution in [0.5, 0.6) is 0 Å². The third-order valence-electron chi connectivity index (χ3n) is 2.22. The van der Waals surface area contributed by atoms with Crippen molar-refractivity contribution in [1.82, 2.24) is 9.59 Å². The average Bonchev–Trinajstić information content (AvgIpc) is 2.78. The number of aromatic nitrogens is 2. The fourth-order valence-corrected chi connectivity index (χ4v) is 2.31. The first-order chi connectivity index (χ1) is 7.68. The predicted octanol–water partition coefficient (Wildman–Crippen LogP) is 2.68. The fraction of sp³-hybridized carbons (Fsp3) is 0.200. The van der Waals surface area contributed by atoms with Crippen LogP contribution in [0.3, 0.4) is 0 Å². The van der Waals surface area contributed by atoms with Gasteiger partial charge in [-0.3, -0.25) is 0 Å². The van der Waals surface area contributed by atoms with Gasteiger partial charge in [0.2, 0.25) is 0 Å². The van der Waals surface area contributed by atoms with Crippen molar-refractivity contribution in [3.63, 3.8) is 0 Å². The standard InChI is InChI=1S/C10H9BrFN3S/c11-10-6(2-1-3-7(10)12)4-8(13)9-5-14-15-16-9/h1-3,5,8H,4,13H2. The molecule has 0 aliphatic heterocycles. The highest BCUT2D eigenvalue weighted by Crippen LogP contribution is 2.25. The molecule has 1 heterocycles. The van der Waals surface area contributed by atoms with Crippen LogP contribution in [0.1, 0.15) is 16.5 Å². The van der Waals surface area contributed by atoms with Gasteiger partial charge in [-0.2, -0.15) is 0 Å². The second kappa shape index (κ2) is 4.99. The van der Waals surface area contributed by atoms with E-state index >= 15 is 0 Å². The smallest absolute Gasteiger partial charge is 0.137 e. The summed E-state index contributed by atoms with van der Waals surface area (Å²) in [6, 6.07) is 4.74. The summed E-state index contributed by atoms with van der Waals surface area (Å²) in [5, 5.41) is 3.73. The minimum Gasteiger partial charge on any atom is -0.323 e. The molecule has 3 nitrogen and oxygen atoms in total. The second-order valence-corrected chi connectivity index (χ2v) is 4.95. The largest absolute Gasteiger partial charge is 0.323 e. The van der Waals surface area contributed by atoms with Gasteiger partial charge in [-0.1, -0.05) is 16.6 Å². The molecule has 6 heteroatoms. The lowest BCUT2D eigenvalue weighted by molar-refractivity contribution is 0.614. The molecular formula is C10H9BrFN3S. The maximum atomic E-state index is 13.3. The van der Waals surface area contributed by atoms with Crippen LogP contribution >= 0.6 is 27.5 Å². The van der Waals surface area contributed by atoms with E-state index in [0.29, 0.717) is 10.9 Å². The van der Waals surface area contributed by atoms with Crippen molar-refractivity contribution < 1.29 is 4.39 Å². The molecule has 1 aromatic heterocycles. The number of hydrogen-bond donors (Lipinski definition) is 1. The maximum Gasteiger partial charge on any atom is 0.137 e. The van der Waals surface area contributed by atoms with Gasteiger partial charge in [0.05, 0.1) is 15.5 Å². The molecule has 0 saturated heterocycles. The van der Waals surface area contributed by atoms with E-state index in [0.717, 1.165) is 10.4 Å². The molecule has 0 aliphatic rings. The highest BCUT2D eigenvalue weighted by molar-refractivity contribution is 9.10. The van der Waals surface area contributed by atoms with E-state index in [9.17, 15) is 4.39 Å². The van der Waals surface area contributed by atoms with Crippen molar-refractivity contribution in [3.8, 4) is 0 Å². The van der Waals surface area contributed by atoms with Crippen molar-refractivity contribution in [1.29, 1.82) is 0 Å². The van der Waals surface area contributed by atoms with Crippen molar-refractivity contribution in [2.24, 2.45) is 5.73 Å². The third-order valence-corrected chi connectivity index (χ3v) is 3.90. The van der Waals surface area contributed by atoms with E-state index in [1.807, 2.05) is 6.07 Å². The predicted molar refractivity (Wildman–Crippen MR) is 64.6 cm³/mol. The summed E-state index contributed by atoms with van der Waals surface area (Å²) in [4.78, 5) is 0.899. The first-order valence-electron chi connectivity index (χ1n) is 4.64. The molecule has 0 fully saturated rings. The highest BCUT2D eigenvalue weighted by atomic mass is 79.9. The summed E-state index contributed by atoms with van der Waals surface area (Å²) in [6.07, 6.45) is 2.20. The van der Waals surface area contributed by atoms with E-state index in [-0.39, 0.29) is 11.9 Å². The van der Waals surface area contributed by atoms with Crippen molar-refractivity contribution in [2.45, 2.75) is 12.5 Å². The van der Waals surface area contributed by atoms with E-state index in [2.05, 4.69) is 25.5 Å². The van der Waals surface area contributed by atoms with Gasteiger partial charge in [-0.15, -0.1) is 5.10 Å². The molecule has 0 aliphatic carbocycles. The molecule has 2 rings (SSSR count). The lowest BCUT2D eigenvalue weighted by Gasteiger charge is -2.10. The van der Waals surface area contributed by atoms with Gasteiger partial charge in [0, 0.05) is 6.04 Å². The van der Waals surface area contributed by atoms with Gasteiger partial charge in [0.1, 0.15) is 5.82 Å². The normalized spacial score (nSPS) is 12.7. The lowest BCUT2D eigenvalue weighted by Crippen LogP contribution is -2.12. The number of halogens is 2. The zero-order valence-corrected chi connectivity index (χ0v) is 10.6. The molecule has 0 spiro atoms. The molecule has 1 atom stereocenters. The number of nitrogens with zero attached hydrogens (tertiary/aromatic N) is 2. The summed E-state index contributed by atoms with van der Waals surface area (Å²) in [5.41, 5.74) is 6.83. The SMILES string of the molecule is NC(Cc1cccc(F)c1Br)c1cnns1. The van der Waals surface area contributed by atoms with Gasteiger partial charge in [-0.25, -0.2) is 4.39 Å². The van der Waals surface area contributed by atoms with Gasteiger partial charge in [0.25, 0.3) is 0 Å². The molecule has 1 aromatic carbocycles. The maximum absolute atomic E-state index is 13.3. The number of rotatable bonds is 3. The fourth-order valence-electron chi connectivity index (χ4n) is 1.38. The monoisotopic (exact) mass is 301 g/mol. The molecule has 16 heavy (non-hydrogen) atoms. The Morgan fingerprint density at radius 3 is 3.00 bits per heavy atom. The van der Waals surface area contributed by atoms with Crippen LogP contribution in [0.25, 0.3) is 0 Å². The summed E-state index contributed by atoms with van der Waals surface area (Å²) in [5.74, 6) is -0.271. The summed E-state index contributed by atoms with van der Waals surface area (Å²) < 4.78 is 17.5. The number of hydrogen-bond acceptors (Lipinski definition) is 4. The lowest BCUT2D eigenvalue weighted by atomic mass is 10.1. The van der Waals surface area contributed by atoms with E-state index in [4.69, 9.17) is 5.73 Å². The minimum atomic E-state index is -0.271. The molecule has 2 aromatic rings. The first-order valence-corrected chi connectivity index (χ1v) is 6.21. The minimum absolute atomic E-state index is 0.196. The second-order valence-electron chi connectivity index (χ2n) is 3.34. The van der Waals surface area contributed by atoms with Crippen LogP contribution in [-0.2, 0) is 6.42 Å². The Morgan fingerprint density at radius 2 is 2.31 bits per heavy atom. The van der Waals surface area contributed by atoms with Gasteiger partial charge >= 0.3 is 0 Å². The Morgan fingerprint density at radius 1 is 1.50 bits per heavy atom. The Labute approximate surface area is 105 Å². The van der Waals surface area contributed by atoms with Gasteiger partial charge < -0.3 is 5.73 Å². The molecule has 84 valence electrons. The molecule has 0 amide bonds. The van der Waals surface area contributed by atoms with Crippen molar-refractivity contribution in [3.05, 3.63) is 45.1 Å². The average molecular weight is 302 g/mol. The Hall–Kier alpha value is -0.850. The first kappa shape index (κ1) is 11.6. The van der Waals surface area contributed by atoms with Crippen LogP contribution < -0.4 is 5.73 Å². The van der Waals surface area contributed by atoms with Crippen LogP contribution in [0.15, 0.2) is 28.9 Å². The van der Waals surface area contributed by atoms with E-state index < -0.39 is 0 Å². The highest BCUT2D eigenvalue weighted by Gasteiger charge is 2.13. The van der Waals surface area contributed by atoms with Gasteiger partial charge in [-0.05, 0) is 45.5 Å². The molecule has 0 radical (unpaired) electrons. The number of nitrogens with two attached hydrogens (primary N) is 1. The van der Waals surface area contributed by atoms with Crippen LogP contribution in [0, 0.1) is 5.82 Å². The molecular weight excluding hydrogens is 293 g/mol. The van der Waals surface area contributed by atoms with Gasteiger partial charge in [0.15, 0.2) is 0 Å². The van der Waals surface area contributed by atoms with Crippen LogP contribution in [-0.4, -0.2) is 9.59 Å². The van der Waals surface area contributed by atoms with Crippen LogP contribution in [0.4, 0.5) is 4.39 Å². The quantitative estimate of drug-likeness (QED) is 0.948. The van der Waals surface area contributed by atoms with E-state index in [1.54, 1.807) is 12.3 Å². The summed E-state index contributed by atoms with van der Waals surface area (Å²) in [6.45, 7) is 0. The van der Waals surface area contributed by atoms with Crippen molar-refractivity contribution in [2.75, 3.05) is 0 Å². The number of benzene rings is 1. The zero-order valence-electron chi connectivity index (χ0n) is 8.23. The summed E-state index contributed by atoms with van der Waals surface area (Å²) in [7, 11) is 0. The molecule has 1 unspecified atom stereocenters. The zero-order chi connectivity index (χ0) is 11.5. The Balaban J connectivity index is 2.18. The van der Waals surface area contributed by atoms with Crippen molar-refractivity contribution >= 4 is 27.5 Å². The third kappa shape index (κ3) is 2.45. The Kier molecular flexibility index (Phi) is 3.63. The van der Waals surface area contributed by atoms with Crippen LogP contribution in [0.2, 0.25) is 0 Å².